The lowest BCUT2D eigenvalue weighted by molar-refractivity contribution is 1.36. The van der Waals surface area contributed by atoms with E-state index in [0.29, 0.717) is 0 Å². The maximum absolute atomic E-state index is 4.74. The molecule has 2 nitrogen and oxygen atoms in total. The molecular formula is C16H9BrN2S. The first kappa shape index (κ1) is 12.0. The Morgan fingerprint density at radius 1 is 0.850 bits per heavy atom. The SMILES string of the molecule is Brc1cccc2ccc(-c3nc4ccccc4s3)nc12. The predicted molar refractivity (Wildman–Crippen MR) is 88.1 cm³/mol. The maximum Gasteiger partial charge on any atom is 0.143 e. The number of thiazole rings is 1. The van der Waals surface area contributed by atoms with Crippen LogP contribution in [0.4, 0.5) is 0 Å². The van der Waals surface area contributed by atoms with Crippen LogP contribution in [0.5, 0.6) is 0 Å². The normalized spacial score (nSPS) is 11.2. The second-order valence-electron chi connectivity index (χ2n) is 4.49. The highest BCUT2D eigenvalue weighted by atomic mass is 79.9. The van der Waals surface area contributed by atoms with Gasteiger partial charge >= 0.3 is 0 Å². The van der Waals surface area contributed by atoms with Crippen LogP contribution in [0.1, 0.15) is 0 Å². The van der Waals surface area contributed by atoms with Gasteiger partial charge in [-0.05, 0) is 40.2 Å². The third-order valence-corrected chi connectivity index (χ3v) is 4.88. The highest BCUT2D eigenvalue weighted by molar-refractivity contribution is 9.10. The van der Waals surface area contributed by atoms with Gasteiger partial charge in [0.2, 0.25) is 0 Å². The Labute approximate surface area is 128 Å². The van der Waals surface area contributed by atoms with Crippen molar-refractivity contribution in [1.29, 1.82) is 0 Å². The fourth-order valence-electron chi connectivity index (χ4n) is 2.21. The fourth-order valence-corrected chi connectivity index (χ4v) is 3.62. The number of aromatic nitrogens is 2. The van der Waals surface area contributed by atoms with E-state index in [1.54, 1.807) is 11.3 Å². The molecule has 4 heteroatoms. The largest absolute Gasteiger partial charge is 0.244 e. The molecule has 0 spiro atoms. The van der Waals surface area contributed by atoms with Gasteiger partial charge in [0.1, 0.15) is 5.01 Å². The average molecular weight is 341 g/mol. The summed E-state index contributed by atoms with van der Waals surface area (Å²) in [6.07, 6.45) is 0. The van der Waals surface area contributed by atoms with Gasteiger partial charge in [-0.2, -0.15) is 0 Å². The summed E-state index contributed by atoms with van der Waals surface area (Å²) in [4.78, 5) is 9.40. The summed E-state index contributed by atoms with van der Waals surface area (Å²) in [5.74, 6) is 0. The molecule has 4 aromatic rings. The summed E-state index contributed by atoms with van der Waals surface area (Å²) in [7, 11) is 0. The molecule has 20 heavy (non-hydrogen) atoms. The zero-order chi connectivity index (χ0) is 13.5. The Kier molecular flexibility index (Phi) is 2.79. The van der Waals surface area contributed by atoms with E-state index in [1.165, 1.54) is 4.70 Å². The van der Waals surface area contributed by atoms with Crippen LogP contribution in [0, 0.1) is 0 Å². The van der Waals surface area contributed by atoms with Crippen LogP contribution in [-0.2, 0) is 0 Å². The number of hydrogen-bond donors (Lipinski definition) is 0. The fraction of sp³-hybridized carbons (Fsp3) is 0. The van der Waals surface area contributed by atoms with E-state index in [1.807, 2.05) is 36.4 Å². The summed E-state index contributed by atoms with van der Waals surface area (Å²) in [5, 5.41) is 2.09. The van der Waals surface area contributed by atoms with Gasteiger partial charge in [-0.3, -0.25) is 0 Å². The van der Waals surface area contributed by atoms with Gasteiger partial charge in [-0.15, -0.1) is 11.3 Å². The highest BCUT2D eigenvalue weighted by Crippen LogP contribution is 2.31. The second-order valence-corrected chi connectivity index (χ2v) is 6.38. The molecule has 4 rings (SSSR count). The minimum Gasteiger partial charge on any atom is -0.244 e. The van der Waals surface area contributed by atoms with Crippen molar-refractivity contribution in [2.24, 2.45) is 0 Å². The van der Waals surface area contributed by atoms with E-state index in [-0.39, 0.29) is 0 Å². The number of hydrogen-bond acceptors (Lipinski definition) is 3. The van der Waals surface area contributed by atoms with Crippen LogP contribution >= 0.6 is 27.3 Å². The summed E-state index contributed by atoms with van der Waals surface area (Å²) in [6.45, 7) is 0. The third-order valence-electron chi connectivity index (χ3n) is 3.18. The van der Waals surface area contributed by atoms with E-state index in [4.69, 9.17) is 4.98 Å². The van der Waals surface area contributed by atoms with E-state index >= 15 is 0 Å². The zero-order valence-corrected chi connectivity index (χ0v) is 12.8. The minimum absolute atomic E-state index is 0.922. The van der Waals surface area contributed by atoms with Gasteiger partial charge < -0.3 is 0 Å². The molecule has 96 valence electrons. The molecule has 0 aliphatic rings. The lowest BCUT2D eigenvalue weighted by Gasteiger charge is -2.01. The van der Waals surface area contributed by atoms with Crippen LogP contribution in [0.15, 0.2) is 59.1 Å². The first-order chi connectivity index (χ1) is 9.81. The molecule has 0 N–H and O–H groups in total. The van der Waals surface area contributed by atoms with Crippen molar-refractivity contribution >= 4 is 48.4 Å². The number of benzene rings is 2. The molecule has 0 saturated carbocycles. The molecule has 0 bridgehead atoms. The van der Waals surface area contributed by atoms with E-state index < -0.39 is 0 Å². The molecule has 2 aromatic heterocycles. The highest BCUT2D eigenvalue weighted by Gasteiger charge is 2.08. The van der Waals surface area contributed by atoms with Crippen LogP contribution in [0.25, 0.3) is 31.8 Å². The number of halogens is 1. The number of nitrogens with zero attached hydrogens (tertiary/aromatic N) is 2. The lowest BCUT2D eigenvalue weighted by atomic mass is 10.2. The summed E-state index contributed by atoms with van der Waals surface area (Å²) in [5.41, 5.74) is 2.93. The van der Waals surface area contributed by atoms with Crippen LogP contribution in [0.2, 0.25) is 0 Å². The lowest BCUT2D eigenvalue weighted by Crippen LogP contribution is -1.85. The summed E-state index contributed by atoms with van der Waals surface area (Å²) < 4.78 is 2.20. The molecule has 0 fully saturated rings. The van der Waals surface area contributed by atoms with Crippen molar-refractivity contribution in [2.45, 2.75) is 0 Å². The first-order valence-electron chi connectivity index (χ1n) is 6.22. The van der Waals surface area contributed by atoms with E-state index in [2.05, 4.69) is 39.1 Å². The topological polar surface area (TPSA) is 25.8 Å². The summed E-state index contributed by atoms with van der Waals surface area (Å²) >= 11 is 5.23. The molecule has 0 aliphatic heterocycles. The number of pyridine rings is 1. The molecule has 2 heterocycles. The molecule has 0 amide bonds. The number of rotatable bonds is 1. The van der Waals surface area contributed by atoms with Gasteiger partial charge in [-0.25, -0.2) is 9.97 Å². The Balaban J connectivity index is 1.95. The van der Waals surface area contributed by atoms with Crippen molar-refractivity contribution in [3.05, 3.63) is 59.1 Å². The monoisotopic (exact) mass is 340 g/mol. The molecule has 0 saturated heterocycles. The molecule has 0 aliphatic carbocycles. The van der Waals surface area contributed by atoms with Crippen molar-refractivity contribution in [2.75, 3.05) is 0 Å². The number of fused-ring (bicyclic) bond motifs is 2. The van der Waals surface area contributed by atoms with Gasteiger partial charge in [0.25, 0.3) is 0 Å². The average Bonchev–Trinajstić information content (AvgIpc) is 2.91. The smallest absolute Gasteiger partial charge is 0.143 e. The standard InChI is InChI=1S/C16H9BrN2S/c17-11-5-3-4-10-8-9-13(18-15(10)11)16-19-12-6-1-2-7-14(12)20-16/h1-9H. The van der Waals surface area contributed by atoms with Crippen LogP contribution in [-0.4, -0.2) is 9.97 Å². The van der Waals surface area contributed by atoms with Crippen molar-refractivity contribution < 1.29 is 0 Å². The minimum atomic E-state index is 0.922. The quantitative estimate of drug-likeness (QED) is 0.471. The summed E-state index contributed by atoms with van der Waals surface area (Å²) in [6, 6.07) is 18.4. The predicted octanol–water partition coefficient (Wildman–Crippen LogP) is 5.27. The zero-order valence-electron chi connectivity index (χ0n) is 10.4. The Hall–Kier alpha value is -1.78. The van der Waals surface area contributed by atoms with Gasteiger partial charge in [0, 0.05) is 9.86 Å². The maximum atomic E-state index is 4.74. The first-order valence-corrected chi connectivity index (χ1v) is 7.83. The van der Waals surface area contributed by atoms with Gasteiger partial charge in [-0.1, -0.05) is 30.3 Å². The molecule has 0 radical (unpaired) electrons. The van der Waals surface area contributed by atoms with Crippen molar-refractivity contribution in [3.63, 3.8) is 0 Å². The van der Waals surface area contributed by atoms with E-state index in [9.17, 15) is 0 Å². The number of para-hydroxylation sites is 2. The second kappa shape index (κ2) is 4.65. The van der Waals surface area contributed by atoms with Gasteiger partial charge in [0.05, 0.1) is 21.4 Å². The Bertz CT molecular complexity index is 897. The molecule has 0 atom stereocenters. The van der Waals surface area contributed by atoms with E-state index in [0.717, 1.165) is 31.6 Å². The van der Waals surface area contributed by atoms with Crippen molar-refractivity contribution in [3.8, 4) is 10.7 Å². The molecular weight excluding hydrogens is 332 g/mol. The van der Waals surface area contributed by atoms with Crippen LogP contribution in [0.3, 0.4) is 0 Å². The van der Waals surface area contributed by atoms with Gasteiger partial charge in [0.15, 0.2) is 0 Å². The Morgan fingerprint density at radius 3 is 2.65 bits per heavy atom. The van der Waals surface area contributed by atoms with Crippen LogP contribution < -0.4 is 0 Å². The Morgan fingerprint density at radius 2 is 1.75 bits per heavy atom. The van der Waals surface area contributed by atoms with Crippen molar-refractivity contribution in [1.82, 2.24) is 9.97 Å². The molecule has 0 unspecified atom stereocenters. The molecule has 2 aromatic carbocycles. The third kappa shape index (κ3) is 1.92.